The van der Waals surface area contributed by atoms with E-state index in [9.17, 15) is 13.6 Å². The van der Waals surface area contributed by atoms with Gasteiger partial charge < -0.3 is 25.6 Å². The predicted molar refractivity (Wildman–Crippen MR) is 117 cm³/mol. The maximum absolute atomic E-state index is 13.8. The number of hydrogen-bond acceptors (Lipinski definition) is 6. The average Bonchev–Trinajstić information content (AvgIpc) is 2.79. The molecule has 1 heterocycles. The second kappa shape index (κ2) is 9.75. The highest BCUT2D eigenvalue weighted by atomic mass is 19.1. The average molecular weight is 427 g/mol. The largest absolute Gasteiger partial charge is 0.457 e. The first kappa shape index (κ1) is 21.8. The number of aromatic nitrogens is 1. The van der Waals surface area contributed by atoms with E-state index in [-0.39, 0.29) is 24.0 Å². The first-order valence-corrected chi connectivity index (χ1v) is 9.49. The van der Waals surface area contributed by atoms with Crippen molar-refractivity contribution in [3.63, 3.8) is 0 Å². The van der Waals surface area contributed by atoms with Gasteiger partial charge in [0.1, 0.15) is 28.8 Å². The molecule has 0 atom stereocenters. The van der Waals surface area contributed by atoms with Crippen LogP contribution in [-0.2, 0) is 0 Å². The highest BCUT2D eigenvalue weighted by Crippen LogP contribution is 2.32. The lowest BCUT2D eigenvalue weighted by atomic mass is 10.2. The van der Waals surface area contributed by atoms with Gasteiger partial charge in [0, 0.05) is 45.5 Å². The van der Waals surface area contributed by atoms with E-state index in [4.69, 9.17) is 4.74 Å². The molecular weight excluding hydrogens is 404 g/mol. The van der Waals surface area contributed by atoms with Gasteiger partial charge in [-0.05, 0) is 30.3 Å². The van der Waals surface area contributed by atoms with Crippen LogP contribution in [0.2, 0.25) is 0 Å². The number of nitrogens with zero attached hydrogens (tertiary/aromatic N) is 2. The Bertz CT molecular complexity index is 1080. The van der Waals surface area contributed by atoms with Crippen LogP contribution in [0.1, 0.15) is 10.5 Å². The van der Waals surface area contributed by atoms with E-state index in [0.29, 0.717) is 11.5 Å². The van der Waals surface area contributed by atoms with Gasteiger partial charge in [0.25, 0.3) is 5.91 Å². The van der Waals surface area contributed by atoms with Crippen molar-refractivity contribution in [1.82, 2.24) is 10.3 Å². The number of pyridine rings is 1. The van der Waals surface area contributed by atoms with E-state index in [2.05, 4.69) is 20.9 Å². The van der Waals surface area contributed by atoms with Gasteiger partial charge >= 0.3 is 0 Å². The molecule has 3 N–H and O–H groups in total. The van der Waals surface area contributed by atoms with Crippen molar-refractivity contribution in [2.24, 2.45) is 0 Å². The van der Waals surface area contributed by atoms with Crippen LogP contribution in [-0.4, -0.2) is 38.7 Å². The molecule has 0 saturated heterocycles. The van der Waals surface area contributed by atoms with E-state index in [0.717, 1.165) is 29.6 Å². The predicted octanol–water partition coefficient (Wildman–Crippen LogP) is 4.06. The molecule has 3 rings (SSSR count). The minimum Gasteiger partial charge on any atom is -0.457 e. The van der Waals surface area contributed by atoms with E-state index in [1.165, 1.54) is 13.2 Å². The fourth-order valence-electron chi connectivity index (χ4n) is 2.90. The Balaban J connectivity index is 1.73. The molecule has 0 saturated carbocycles. The molecule has 9 heteroatoms. The third kappa shape index (κ3) is 5.39. The Hall–Kier alpha value is -3.88. The van der Waals surface area contributed by atoms with Crippen LogP contribution in [0.25, 0.3) is 0 Å². The lowest BCUT2D eigenvalue weighted by molar-refractivity contribution is 0.0958. The SMILES string of the molecule is CNC(=O)c1cc(Oc2ccc(N(C)CNc3cc(F)ccc3F)c(NC)c2)ccn1. The second-order valence-electron chi connectivity index (χ2n) is 6.64. The second-order valence-corrected chi connectivity index (χ2v) is 6.64. The van der Waals surface area contributed by atoms with Crippen molar-refractivity contribution >= 4 is 23.0 Å². The topological polar surface area (TPSA) is 78.5 Å². The van der Waals surface area contributed by atoms with Gasteiger partial charge in [0.2, 0.25) is 0 Å². The maximum Gasteiger partial charge on any atom is 0.269 e. The standard InChI is InChI=1S/C22H23F2N5O2/c1-25-19-11-15(31-16-8-9-27-20(12-16)22(30)26-2)5-7-21(19)29(3)13-28-18-10-14(23)4-6-17(18)24/h4-12,25,28H,13H2,1-3H3,(H,26,30). The number of carbonyl (C=O) groups is 1. The van der Waals surface area contributed by atoms with Crippen molar-refractivity contribution in [1.29, 1.82) is 0 Å². The summed E-state index contributed by atoms with van der Waals surface area (Å²) in [6.07, 6.45) is 1.50. The van der Waals surface area contributed by atoms with Crippen molar-refractivity contribution in [2.75, 3.05) is 43.3 Å². The summed E-state index contributed by atoms with van der Waals surface area (Å²) < 4.78 is 33.0. The highest BCUT2D eigenvalue weighted by molar-refractivity contribution is 5.92. The smallest absolute Gasteiger partial charge is 0.269 e. The number of anilines is 3. The number of rotatable bonds is 8. The molecule has 0 bridgehead atoms. The molecule has 0 aliphatic rings. The minimum absolute atomic E-state index is 0.0856. The molecule has 2 aromatic carbocycles. The molecule has 0 radical (unpaired) electrons. The van der Waals surface area contributed by atoms with Gasteiger partial charge in [-0.25, -0.2) is 8.78 Å². The fraction of sp³-hybridized carbons (Fsp3) is 0.182. The number of hydrogen-bond donors (Lipinski definition) is 3. The minimum atomic E-state index is -0.527. The Morgan fingerprint density at radius 1 is 1.03 bits per heavy atom. The van der Waals surface area contributed by atoms with Crippen molar-refractivity contribution in [2.45, 2.75) is 0 Å². The molecule has 1 aromatic heterocycles. The van der Waals surface area contributed by atoms with Gasteiger partial charge in [-0.1, -0.05) is 0 Å². The zero-order chi connectivity index (χ0) is 22.4. The normalized spacial score (nSPS) is 10.4. The van der Waals surface area contributed by atoms with E-state index in [1.807, 2.05) is 18.0 Å². The maximum atomic E-state index is 13.8. The van der Waals surface area contributed by atoms with Gasteiger partial charge in [-0.2, -0.15) is 0 Å². The highest BCUT2D eigenvalue weighted by Gasteiger charge is 2.11. The van der Waals surface area contributed by atoms with Gasteiger partial charge in [-0.15, -0.1) is 0 Å². The Labute approximate surface area is 179 Å². The molecule has 3 aromatic rings. The Morgan fingerprint density at radius 3 is 2.55 bits per heavy atom. The first-order valence-electron chi connectivity index (χ1n) is 9.49. The summed E-state index contributed by atoms with van der Waals surface area (Å²) in [6.45, 7) is 0.245. The first-order chi connectivity index (χ1) is 14.9. The van der Waals surface area contributed by atoms with Crippen LogP contribution in [0.3, 0.4) is 0 Å². The van der Waals surface area contributed by atoms with Crippen LogP contribution in [0.15, 0.2) is 54.7 Å². The number of benzene rings is 2. The van der Waals surface area contributed by atoms with E-state index >= 15 is 0 Å². The molecule has 0 unspecified atom stereocenters. The molecule has 31 heavy (non-hydrogen) atoms. The fourth-order valence-corrected chi connectivity index (χ4v) is 2.90. The summed E-state index contributed by atoms with van der Waals surface area (Å²) >= 11 is 0. The summed E-state index contributed by atoms with van der Waals surface area (Å²) in [5.74, 6) is -0.319. The van der Waals surface area contributed by atoms with Crippen LogP contribution < -0.4 is 25.6 Å². The van der Waals surface area contributed by atoms with Crippen LogP contribution in [0, 0.1) is 11.6 Å². The van der Waals surface area contributed by atoms with Gasteiger partial charge in [-0.3, -0.25) is 9.78 Å². The molecule has 162 valence electrons. The summed E-state index contributed by atoms with van der Waals surface area (Å²) in [6, 6.07) is 11.9. The molecule has 0 fully saturated rings. The van der Waals surface area contributed by atoms with E-state index in [1.54, 1.807) is 31.3 Å². The molecular formula is C22H23F2N5O2. The number of ether oxygens (including phenoxy) is 1. The van der Waals surface area contributed by atoms with Crippen molar-refractivity contribution < 1.29 is 18.3 Å². The molecule has 0 aliphatic heterocycles. The Kier molecular flexibility index (Phi) is 6.86. The van der Waals surface area contributed by atoms with Crippen LogP contribution in [0.5, 0.6) is 11.5 Å². The van der Waals surface area contributed by atoms with Crippen molar-refractivity contribution in [3.8, 4) is 11.5 Å². The van der Waals surface area contributed by atoms with E-state index < -0.39 is 11.6 Å². The lowest BCUT2D eigenvalue weighted by Crippen LogP contribution is -2.25. The van der Waals surface area contributed by atoms with Gasteiger partial charge in [0.05, 0.1) is 23.7 Å². The van der Waals surface area contributed by atoms with Crippen LogP contribution in [0.4, 0.5) is 25.8 Å². The number of halogens is 2. The third-order valence-electron chi connectivity index (χ3n) is 4.51. The number of carbonyl (C=O) groups excluding carboxylic acids is 1. The number of nitrogens with one attached hydrogen (secondary N) is 3. The lowest BCUT2D eigenvalue weighted by Gasteiger charge is -2.24. The number of amides is 1. The quantitative estimate of drug-likeness (QED) is 0.471. The summed E-state index contributed by atoms with van der Waals surface area (Å²) in [7, 11) is 5.12. The van der Waals surface area contributed by atoms with Gasteiger partial charge in [0.15, 0.2) is 0 Å². The molecule has 0 spiro atoms. The molecule has 7 nitrogen and oxygen atoms in total. The monoisotopic (exact) mass is 427 g/mol. The third-order valence-corrected chi connectivity index (χ3v) is 4.51. The Morgan fingerprint density at radius 2 is 1.81 bits per heavy atom. The summed E-state index contributed by atoms with van der Waals surface area (Å²) in [5.41, 5.74) is 1.92. The molecule has 1 amide bonds. The summed E-state index contributed by atoms with van der Waals surface area (Å²) in [5, 5.41) is 8.51. The molecule has 0 aliphatic carbocycles. The summed E-state index contributed by atoms with van der Waals surface area (Å²) in [4.78, 5) is 17.6. The van der Waals surface area contributed by atoms with Crippen LogP contribution >= 0.6 is 0 Å². The zero-order valence-corrected chi connectivity index (χ0v) is 17.4. The van der Waals surface area contributed by atoms with Crippen molar-refractivity contribution in [3.05, 3.63) is 72.1 Å². The zero-order valence-electron chi connectivity index (χ0n) is 17.4.